The molecule has 2 N–H and O–H groups in total. The molecule has 4 saturated heterocycles. The summed E-state index contributed by atoms with van der Waals surface area (Å²) in [6.45, 7) is 8.18. The summed E-state index contributed by atoms with van der Waals surface area (Å²) >= 11 is 6.38. The Labute approximate surface area is 898 Å². The van der Waals surface area contributed by atoms with E-state index in [2.05, 4.69) is 80.6 Å². The van der Waals surface area contributed by atoms with Gasteiger partial charge in [0.05, 0.1) is 0 Å². The predicted octanol–water partition coefficient (Wildman–Crippen LogP) is 9.89. The summed E-state index contributed by atoms with van der Waals surface area (Å²) in [5.74, 6) is 5.58. The molecule has 20 aliphatic rings. The summed E-state index contributed by atoms with van der Waals surface area (Å²) in [5.41, 5.74) is 8.27. The first-order valence-corrected chi connectivity index (χ1v) is 53.3. The van der Waals surface area contributed by atoms with Crippen LogP contribution in [-0.4, -0.2) is 61.1 Å². The van der Waals surface area contributed by atoms with Gasteiger partial charge in [-0.15, -0.1) is 45.3 Å². The molecule has 30 rings (SSSR count). The van der Waals surface area contributed by atoms with Crippen molar-refractivity contribution in [1.29, 1.82) is 0 Å². The molecule has 16 aliphatic carbocycles. The van der Waals surface area contributed by atoms with E-state index in [0.717, 1.165) is 156 Å². The van der Waals surface area contributed by atoms with E-state index in [1.807, 2.05) is 92.7 Å². The van der Waals surface area contributed by atoms with E-state index in [-0.39, 0.29) is 141 Å². The van der Waals surface area contributed by atoms with Gasteiger partial charge >= 0.3 is 118 Å². The van der Waals surface area contributed by atoms with Crippen molar-refractivity contribution in [2.75, 3.05) is 28.4 Å². The van der Waals surface area contributed by atoms with Crippen LogP contribution in [0.25, 0.3) is 62.6 Å². The molecule has 696 valence electrons. The first-order chi connectivity index (χ1) is 63.5. The summed E-state index contributed by atoms with van der Waals surface area (Å²) < 4.78 is 57.8. The van der Waals surface area contributed by atoms with E-state index in [4.69, 9.17) is 67.1 Å². The Bertz CT molecular complexity index is 6080. The predicted molar refractivity (Wildman–Crippen MR) is 491 cm³/mol. The fourth-order valence-electron chi connectivity index (χ4n) is 29.4. The quantitative estimate of drug-likeness (QED) is 0.0458. The van der Waals surface area contributed by atoms with Gasteiger partial charge in [0, 0.05) is 112 Å². The van der Waals surface area contributed by atoms with Crippen LogP contribution in [-0.2, 0) is 90.3 Å². The van der Waals surface area contributed by atoms with Gasteiger partial charge in [0.25, 0.3) is 23.1 Å². The third-order valence-electron chi connectivity index (χ3n) is 34.1. The number of ether oxygens (including phenoxy) is 4. The average Bonchev–Trinajstić information content (AvgIpc) is 1.11. The Morgan fingerprint density at radius 2 is 0.515 bits per heavy atom. The van der Waals surface area contributed by atoms with Crippen molar-refractivity contribution in [3.05, 3.63) is 213 Å². The van der Waals surface area contributed by atoms with Crippen molar-refractivity contribution in [3.63, 3.8) is 0 Å². The monoisotopic (exact) mass is 1990 g/mol. The maximum atomic E-state index is 11.8. The van der Waals surface area contributed by atoms with Crippen LogP contribution in [0.1, 0.15) is 172 Å². The molecule has 32 heteroatoms. The SMILES string of the molecule is COC1(c2ccc(-c3ccc(-c4ccc(C)cc4)s3)c(O)c2)OOC12C1CC3CC(C1)CC2C3.COC1(c2ccc(-c3ccc(-c4ccc(C)cc4)s3)c(OP(=O)([O-])[O-])c2)OOC12C1CC3CC(C1)CC2C3.COC1(c2ccc(-c3ccc(C)s3)c(O)c2)OOC12C1CC3CC(C1)CC2C3.COC1(c2ccc(-c3ccc(C)s3)c(OP(=O)([O-])[O-])c2)OOC12C1CC3CC(C1)CC2C3.[Na+].[Na+].[Na+].[Na+]. The molecule has 4 spiro atoms. The van der Waals surface area contributed by atoms with Gasteiger partial charge in [-0.3, -0.25) is 0 Å². The van der Waals surface area contributed by atoms with Gasteiger partial charge in [-0.25, -0.2) is 19.6 Å². The first kappa shape index (κ1) is 102. The third-order valence-corrected chi connectivity index (χ3v) is 39.4. The van der Waals surface area contributed by atoms with E-state index >= 15 is 0 Å². The fourth-order valence-corrected chi connectivity index (χ4v) is 34.1. The number of phenols is 2. The van der Waals surface area contributed by atoms with Gasteiger partial charge in [-0.05, 0) is 359 Å². The first-order valence-electron chi connectivity index (χ1n) is 47.1. The number of aryl methyl sites for hydroxylation is 4. The summed E-state index contributed by atoms with van der Waals surface area (Å²) in [7, 11) is -3.98. The Balaban J connectivity index is 0.000000116. The molecule has 16 bridgehead atoms. The smallest absolute Gasteiger partial charge is 0.780 e. The van der Waals surface area contributed by atoms with Crippen LogP contribution in [0.4, 0.5) is 0 Å². The largest absolute Gasteiger partial charge is 1.00 e. The van der Waals surface area contributed by atoms with E-state index in [1.165, 1.54) is 126 Å². The van der Waals surface area contributed by atoms with E-state index in [1.54, 1.807) is 75.4 Å². The van der Waals surface area contributed by atoms with Crippen LogP contribution < -0.4 is 147 Å². The Hall–Kier alpha value is -2.86. The van der Waals surface area contributed by atoms with Gasteiger partial charge < -0.3 is 66.9 Å². The van der Waals surface area contributed by atoms with Gasteiger partial charge in [0.15, 0.2) is 22.4 Å². The summed E-state index contributed by atoms with van der Waals surface area (Å²) in [4.78, 5) is 102. The maximum absolute atomic E-state index is 11.8. The molecule has 0 radical (unpaired) electrons. The van der Waals surface area contributed by atoms with Crippen molar-refractivity contribution in [2.24, 2.45) is 94.7 Å². The van der Waals surface area contributed by atoms with Crippen molar-refractivity contribution in [1.82, 2.24) is 0 Å². The minimum absolute atomic E-state index is 0. The molecular weight excluding hydrogens is 1880 g/mol. The third kappa shape index (κ3) is 16.5. The molecule has 136 heavy (non-hydrogen) atoms. The summed E-state index contributed by atoms with van der Waals surface area (Å²) in [6, 6.07) is 55.1. The minimum atomic E-state index is -5.33. The van der Waals surface area contributed by atoms with Crippen LogP contribution in [0, 0.1) is 122 Å². The van der Waals surface area contributed by atoms with Crippen LogP contribution in [0.3, 0.4) is 0 Å². The zero-order valence-corrected chi connectivity index (χ0v) is 92.2. The summed E-state index contributed by atoms with van der Waals surface area (Å²) in [6.07, 6.45) is 23.7. The molecule has 22 nitrogen and oxygen atoms in total. The van der Waals surface area contributed by atoms with E-state index in [0.29, 0.717) is 69.6 Å². The second-order valence-corrected chi connectivity index (χ2v) is 48.1. The summed E-state index contributed by atoms with van der Waals surface area (Å²) in [5, 5.41) is 22.0. The second-order valence-electron chi connectivity index (χ2n) is 41.2. The molecule has 8 heterocycles. The zero-order valence-electron chi connectivity index (χ0n) is 79.1. The molecular formula is C104H110Na4O22P2S4. The van der Waals surface area contributed by atoms with Crippen molar-refractivity contribution in [2.45, 2.75) is 202 Å². The zero-order chi connectivity index (χ0) is 90.8. The number of phosphoric ester groups is 2. The van der Waals surface area contributed by atoms with E-state index in [9.17, 15) is 38.9 Å². The van der Waals surface area contributed by atoms with E-state index < -0.39 is 61.2 Å². The van der Waals surface area contributed by atoms with Crippen molar-refractivity contribution >= 4 is 61.0 Å². The number of aromatic hydroxyl groups is 2. The van der Waals surface area contributed by atoms with Crippen molar-refractivity contribution in [3.8, 4) is 85.6 Å². The molecule has 6 aromatic carbocycles. The number of methoxy groups -OCH3 is 4. The van der Waals surface area contributed by atoms with Crippen LogP contribution >= 0.6 is 61.0 Å². The molecule has 4 aromatic heterocycles. The van der Waals surface area contributed by atoms with Crippen LogP contribution in [0.15, 0.2) is 170 Å². The number of hydrogen-bond donors (Lipinski definition) is 2. The second kappa shape index (κ2) is 38.4. The van der Waals surface area contributed by atoms with Gasteiger partial charge in [0.1, 0.15) is 38.6 Å². The minimum Gasteiger partial charge on any atom is -0.780 e. The number of rotatable bonds is 18. The molecule has 10 aromatic rings. The standard InChI is InChI=1S/C29H31O7PS.C29H30O4S.C23H27O7PS.C23H26O4S.4Na/c1-17-3-5-20(6-4-17)26-9-10-27(38-26)24-8-7-21(16-25(24)34-37(30,31)32)29(33-2)28(35-36-29)22-12-18-11-19(14-22)15-23(28)13-18;1-17-3-5-20(6-4-17)26-9-10-27(34-26)24-8-7-21(16-25(24)30)29(31-2)28(32-33-29)22-12-18-11-19(14-22)15-23(28)13-18;1-13-3-6-21(32-13)19-5-4-16(12-20(19)28-31(24,25)26)23(27-2)22(29-30-23)17-8-14-7-15(10-17)11-18(22)9-14;1-13-3-6-21(28-13)19-5-4-16(12-20(19)24)23(25-2)22(26-27-23)17-8-14-7-15(10-17)11-18(22)9-14;;;;/h3-10,16,18-19,22-23H,11-15H2,1-2H3,(H2,30,31,32);3-10,16,18-19,22-23,30H,11-15H2,1-2H3;3-6,12,14-15,17-18H,7-11H2,1-2H3,(H2,24,25,26);3-6,12,14-15,17-18,24H,7-11H2,1-2H3;;;;/q;;;;4*+1/p-4. The normalized spacial score (nSPS) is 35.5. The molecule has 4 aliphatic heterocycles. The Morgan fingerprint density at radius 1 is 0.287 bits per heavy atom. The topological polar surface area (TPSA) is 296 Å². The molecule has 4 atom stereocenters. The maximum Gasteiger partial charge on any atom is 1.00 e. The van der Waals surface area contributed by atoms with Gasteiger partial charge in [-0.2, -0.15) is 19.6 Å². The number of benzene rings is 6. The van der Waals surface area contributed by atoms with Crippen LogP contribution in [0.2, 0.25) is 0 Å². The Kier molecular flexibility index (Phi) is 28.8. The molecule has 20 fully saturated rings. The molecule has 4 unspecified atom stereocenters. The molecule has 16 saturated carbocycles. The number of phenolic OH excluding ortho intramolecular Hbond substituents is 2. The van der Waals surface area contributed by atoms with Crippen molar-refractivity contribution < 1.29 is 224 Å². The number of phosphoric acid groups is 2. The van der Waals surface area contributed by atoms with Crippen LogP contribution in [0.5, 0.6) is 23.0 Å². The average molecular weight is 1990 g/mol. The number of hydrogen-bond acceptors (Lipinski definition) is 26. The Morgan fingerprint density at radius 3 is 0.743 bits per heavy atom. The number of thiophene rings is 4. The van der Waals surface area contributed by atoms with Gasteiger partial charge in [-0.1, -0.05) is 83.9 Å². The van der Waals surface area contributed by atoms with Gasteiger partial charge in [0.2, 0.25) is 0 Å². The molecule has 0 amide bonds. The fraction of sp³-hybridized carbons (Fsp3) is 0.500.